The maximum atomic E-state index is 11.7. The topological polar surface area (TPSA) is 45.8 Å². The number of aromatic nitrogens is 2. The van der Waals surface area contributed by atoms with Crippen molar-refractivity contribution in [2.45, 2.75) is 36.7 Å². The van der Waals surface area contributed by atoms with E-state index in [1.807, 2.05) is 0 Å². The predicted molar refractivity (Wildman–Crippen MR) is 56.4 cm³/mol. The Morgan fingerprint density at radius 2 is 2.21 bits per heavy atom. The molecule has 3 nitrogen and oxygen atoms in total. The summed E-state index contributed by atoms with van der Waals surface area (Å²) in [5.41, 5.74) is 2.16. The van der Waals surface area contributed by atoms with Gasteiger partial charge in [-0.2, -0.15) is 11.8 Å². The molecule has 3 rings (SSSR count). The summed E-state index contributed by atoms with van der Waals surface area (Å²) in [5.74, 6) is 2.64. The van der Waals surface area contributed by atoms with Gasteiger partial charge < -0.3 is 4.98 Å². The maximum Gasteiger partial charge on any atom is 0.255 e. The summed E-state index contributed by atoms with van der Waals surface area (Å²) < 4.78 is 0. The fraction of sp³-hybridized carbons (Fsp3) is 0.600. The molecule has 0 bridgehead atoms. The highest BCUT2D eigenvalue weighted by Crippen LogP contribution is 2.45. The first-order valence-electron chi connectivity index (χ1n) is 4.89. The smallest absolute Gasteiger partial charge is 0.255 e. The molecule has 2 aliphatic rings. The van der Waals surface area contributed by atoms with Crippen molar-refractivity contribution in [1.29, 1.82) is 0 Å². The second kappa shape index (κ2) is 2.63. The molecular formula is C10H12N2OS. The predicted octanol–water partition coefficient (Wildman–Crippen LogP) is 1.57. The normalized spacial score (nSPS) is 22.1. The number of aromatic amines is 1. The van der Waals surface area contributed by atoms with Crippen LogP contribution < -0.4 is 5.56 Å². The van der Waals surface area contributed by atoms with Crippen LogP contribution in [0.3, 0.4) is 0 Å². The van der Waals surface area contributed by atoms with E-state index in [0.29, 0.717) is 0 Å². The van der Waals surface area contributed by atoms with Crippen molar-refractivity contribution in [1.82, 2.24) is 9.97 Å². The van der Waals surface area contributed by atoms with Crippen LogP contribution in [0.25, 0.3) is 0 Å². The molecule has 1 N–H and O–H groups in total. The number of nitrogens with zero attached hydrogens (tertiary/aromatic N) is 1. The molecule has 0 atom stereocenters. The van der Waals surface area contributed by atoms with Crippen molar-refractivity contribution < 1.29 is 0 Å². The second-order valence-electron chi connectivity index (χ2n) is 4.39. The van der Waals surface area contributed by atoms with Gasteiger partial charge in [-0.15, -0.1) is 0 Å². The van der Waals surface area contributed by atoms with Crippen LogP contribution >= 0.6 is 11.8 Å². The maximum absolute atomic E-state index is 11.7. The SMILES string of the molecule is CC1(c2nc3c(c(=O)[nH]2)CSC3)CC1. The van der Waals surface area contributed by atoms with Crippen LogP contribution in [-0.2, 0) is 16.9 Å². The first-order valence-corrected chi connectivity index (χ1v) is 6.05. The molecule has 0 saturated heterocycles. The van der Waals surface area contributed by atoms with E-state index in [1.54, 1.807) is 11.8 Å². The van der Waals surface area contributed by atoms with Crippen molar-refractivity contribution in [3.8, 4) is 0 Å². The van der Waals surface area contributed by atoms with Crippen molar-refractivity contribution in [3.05, 3.63) is 27.4 Å². The van der Waals surface area contributed by atoms with Gasteiger partial charge in [0.15, 0.2) is 0 Å². The lowest BCUT2D eigenvalue weighted by molar-refractivity contribution is 0.693. The van der Waals surface area contributed by atoms with Gasteiger partial charge in [-0.25, -0.2) is 4.98 Å². The highest BCUT2D eigenvalue weighted by molar-refractivity contribution is 7.98. The fourth-order valence-electron chi connectivity index (χ4n) is 1.77. The summed E-state index contributed by atoms with van der Waals surface area (Å²) >= 11 is 1.77. The van der Waals surface area contributed by atoms with E-state index in [2.05, 4.69) is 16.9 Å². The summed E-state index contributed by atoms with van der Waals surface area (Å²) in [7, 11) is 0. The van der Waals surface area contributed by atoms with Gasteiger partial charge in [0.05, 0.1) is 5.69 Å². The fourth-order valence-corrected chi connectivity index (χ4v) is 2.81. The number of H-pyrrole nitrogens is 1. The number of rotatable bonds is 1. The molecule has 1 aromatic rings. The van der Waals surface area contributed by atoms with Crippen LogP contribution in [0.5, 0.6) is 0 Å². The van der Waals surface area contributed by atoms with Crippen LogP contribution in [0.4, 0.5) is 0 Å². The minimum absolute atomic E-state index is 0.0862. The zero-order valence-electron chi connectivity index (χ0n) is 8.09. The lowest BCUT2D eigenvalue weighted by atomic mass is 10.1. The quantitative estimate of drug-likeness (QED) is 0.762. The highest BCUT2D eigenvalue weighted by Gasteiger charge is 2.42. The number of hydrogen-bond donors (Lipinski definition) is 1. The van der Waals surface area contributed by atoms with Crippen molar-refractivity contribution in [2.24, 2.45) is 0 Å². The first-order chi connectivity index (χ1) is 6.69. The minimum Gasteiger partial charge on any atom is -0.310 e. The van der Waals surface area contributed by atoms with E-state index >= 15 is 0 Å². The average molecular weight is 208 g/mol. The van der Waals surface area contributed by atoms with E-state index in [-0.39, 0.29) is 11.0 Å². The number of hydrogen-bond acceptors (Lipinski definition) is 3. The monoisotopic (exact) mass is 208 g/mol. The summed E-state index contributed by atoms with van der Waals surface area (Å²) in [6, 6.07) is 0. The van der Waals surface area contributed by atoms with Gasteiger partial charge in [0, 0.05) is 22.5 Å². The summed E-state index contributed by atoms with van der Waals surface area (Å²) in [6.45, 7) is 2.17. The Labute approximate surface area is 86.3 Å². The zero-order chi connectivity index (χ0) is 9.76. The molecule has 1 aromatic heterocycles. The van der Waals surface area contributed by atoms with Crippen molar-refractivity contribution >= 4 is 11.8 Å². The molecule has 0 unspecified atom stereocenters. The minimum atomic E-state index is 0.0862. The molecule has 4 heteroatoms. The van der Waals surface area contributed by atoms with Crippen LogP contribution in [-0.4, -0.2) is 9.97 Å². The van der Waals surface area contributed by atoms with E-state index in [9.17, 15) is 4.79 Å². The number of fused-ring (bicyclic) bond motifs is 1. The molecule has 1 aliphatic heterocycles. The molecule has 0 aromatic carbocycles. The van der Waals surface area contributed by atoms with E-state index in [4.69, 9.17) is 0 Å². The van der Waals surface area contributed by atoms with Gasteiger partial charge in [-0.3, -0.25) is 4.79 Å². The molecule has 1 saturated carbocycles. The summed E-state index contributed by atoms with van der Waals surface area (Å²) in [6.07, 6.45) is 2.31. The summed E-state index contributed by atoms with van der Waals surface area (Å²) in [5, 5.41) is 0. The molecule has 0 radical (unpaired) electrons. The average Bonchev–Trinajstić information content (AvgIpc) is 2.75. The largest absolute Gasteiger partial charge is 0.310 e. The van der Waals surface area contributed by atoms with Crippen LogP contribution in [0, 0.1) is 0 Å². The Morgan fingerprint density at radius 1 is 1.43 bits per heavy atom. The Balaban J connectivity index is 2.17. The zero-order valence-corrected chi connectivity index (χ0v) is 8.91. The van der Waals surface area contributed by atoms with Crippen LogP contribution in [0.15, 0.2) is 4.79 Å². The molecule has 14 heavy (non-hydrogen) atoms. The standard InChI is InChI=1S/C10H12N2OS/c1-10(2-3-10)9-11-7-5-14-4-6(7)8(13)12-9/h2-5H2,1H3,(H,11,12,13). The van der Waals surface area contributed by atoms with Gasteiger partial charge in [-0.1, -0.05) is 6.92 Å². The molecule has 1 aliphatic carbocycles. The van der Waals surface area contributed by atoms with Crippen molar-refractivity contribution in [3.63, 3.8) is 0 Å². The highest BCUT2D eigenvalue weighted by atomic mass is 32.2. The van der Waals surface area contributed by atoms with Gasteiger partial charge >= 0.3 is 0 Å². The number of thioether (sulfide) groups is 1. The van der Waals surface area contributed by atoms with Gasteiger partial charge in [0.25, 0.3) is 5.56 Å². The molecule has 74 valence electrons. The number of nitrogens with one attached hydrogen (secondary N) is 1. The van der Waals surface area contributed by atoms with Crippen LogP contribution in [0.2, 0.25) is 0 Å². The third kappa shape index (κ3) is 1.13. The molecule has 1 fully saturated rings. The third-order valence-corrected chi connectivity index (χ3v) is 4.13. The van der Waals surface area contributed by atoms with Gasteiger partial charge in [0.2, 0.25) is 0 Å². The Hall–Kier alpha value is -0.770. The van der Waals surface area contributed by atoms with E-state index in [1.165, 1.54) is 0 Å². The Morgan fingerprint density at radius 3 is 2.93 bits per heavy atom. The molecular weight excluding hydrogens is 196 g/mol. The molecule has 0 spiro atoms. The van der Waals surface area contributed by atoms with E-state index < -0.39 is 0 Å². The van der Waals surface area contributed by atoms with E-state index in [0.717, 1.165) is 41.4 Å². The lowest BCUT2D eigenvalue weighted by Crippen LogP contribution is -2.20. The van der Waals surface area contributed by atoms with Crippen LogP contribution in [0.1, 0.15) is 36.8 Å². The van der Waals surface area contributed by atoms with Crippen molar-refractivity contribution in [2.75, 3.05) is 0 Å². The Bertz CT molecular complexity index is 448. The summed E-state index contributed by atoms with van der Waals surface area (Å²) in [4.78, 5) is 19.2. The van der Waals surface area contributed by atoms with Gasteiger partial charge in [0.1, 0.15) is 5.82 Å². The third-order valence-electron chi connectivity index (χ3n) is 3.16. The lowest BCUT2D eigenvalue weighted by Gasteiger charge is -2.08. The Kier molecular flexibility index (Phi) is 1.60. The first kappa shape index (κ1) is 8.53. The second-order valence-corrected chi connectivity index (χ2v) is 5.38. The molecule has 0 amide bonds. The molecule has 2 heterocycles. The van der Waals surface area contributed by atoms with Gasteiger partial charge in [-0.05, 0) is 12.8 Å².